The van der Waals surface area contributed by atoms with Crippen LogP contribution >= 0.6 is 15.9 Å². The van der Waals surface area contributed by atoms with E-state index in [2.05, 4.69) is 67.1 Å². The molecule has 0 spiro atoms. The van der Waals surface area contributed by atoms with Crippen LogP contribution in [0.3, 0.4) is 0 Å². The molecule has 3 aromatic rings. The van der Waals surface area contributed by atoms with Crippen LogP contribution in [0.15, 0.2) is 77.3 Å². The van der Waals surface area contributed by atoms with Crippen molar-refractivity contribution in [1.29, 1.82) is 0 Å². The lowest BCUT2D eigenvalue weighted by molar-refractivity contribution is 0.0858. The molecule has 3 N–H and O–H groups in total. The fourth-order valence-electron chi connectivity index (χ4n) is 5.36. The van der Waals surface area contributed by atoms with Gasteiger partial charge in [-0.05, 0) is 80.0 Å². The third kappa shape index (κ3) is 7.61. The number of ether oxygens (including phenoxy) is 1. The zero-order valence-corrected chi connectivity index (χ0v) is 23.6. The van der Waals surface area contributed by atoms with Gasteiger partial charge in [0.15, 0.2) is 0 Å². The summed E-state index contributed by atoms with van der Waals surface area (Å²) in [5.74, 6) is 0.478. The number of benzene rings is 3. The molecule has 0 bridgehead atoms. The van der Waals surface area contributed by atoms with Crippen molar-refractivity contribution in [1.82, 2.24) is 5.32 Å². The summed E-state index contributed by atoms with van der Waals surface area (Å²) in [7, 11) is 0. The summed E-state index contributed by atoms with van der Waals surface area (Å²) in [6.45, 7) is 3.01. The quantitative estimate of drug-likeness (QED) is 0.281. The molecule has 0 aliphatic carbocycles. The predicted molar refractivity (Wildman–Crippen MR) is 160 cm³/mol. The van der Waals surface area contributed by atoms with Gasteiger partial charge in [0.2, 0.25) is 0 Å². The minimum atomic E-state index is -0.367. The summed E-state index contributed by atoms with van der Waals surface area (Å²) in [5, 5.41) is 8.78. The van der Waals surface area contributed by atoms with E-state index in [-0.39, 0.29) is 18.0 Å². The van der Waals surface area contributed by atoms with E-state index < -0.39 is 0 Å². The molecule has 39 heavy (non-hydrogen) atoms. The minimum absolute atomic E-state index is 0.0587. The molecular formula is C31H35BrN4O3. The molecule has 3 amide bonds. The minimum Gasteiger partial charge on any atom is -0.376 e. The van der Waals surface area contributed by atoms with E-state index >= 15 is 0 Å². The maximum Gasteiger partial charge on any atom is 0.323 e. The van der Waals surface area contributed by atoms with E-state index in [9.17, 15) is 9.59 Å². The lowest BCUT2D eigenvalue weighted by Gasteiger charge is -2.35. The number of piperidine rings is 1. The molecule has 0 aromatic heterocycles. The molecule has 7 nitrogen and oxygen atoms in total. The molecular weight excluding hydrogens is 556 g/mol. The van der Waals surface area contributed by atoms with Gasteiger partial charge in [-0.1, -0.05) is 52.3 Å². The van der Waals surface area contributed by atoms with Crippen LogP contribution in [-0.2, 0) is 11.2 Å². The standard InChI is InChI=1S/C31H35BrN4O3/c32-24-8-4-9-25(19-24)34-31(38)35-26-11-12-29(28(20-26)30(37)33-21-27-10-5-17-39-27)36-15-13-23(14-16-36)18-22-6-2-1-3-7-22/h1-4,6-9,11-12,19-20,23,27H,5,10,13-18,21H2,(H,33,37)(H2,34,35,38)/t27-/m0/s1. The molecule has 0 saturated carbocycles. The van der Waals surface area contributed by atoms with Gasteiger partial charge in [0.1, 0.15) is 0 Å². The third-order valence-electron chi connectivity index (χ3n) is 7.42. The number of nitrogens with zero attached hydrogens (tertiary/aromatic N) is 1. The van der Waals surface area contributed by atoms with Crippen LogP contribution in [0.25, 0.3) is 0 Å². The fourth-order valence-corrected chi connectivity index (χ4v) is 5.76. The largest absolute Gasteiger partial charge is 0.376 e. The van der Waals surface area contributed by atoms with Crippen molar-refractivity contribution in [3.63, 3.8) is 0 Å². The third-order valence-corrected chi connectivity index (χ3v) is 7.91. The Bertz CT molecular complexity index is 1270. The molecule has 5 rings (SSSR count). The zero-order valence-electron chi connectivity index (χ0n) is 22.0. The summed E-state index contributed by atoms with van der Waals surface area (Å²) < 4.78 is 6.57. The van der Waals surface area contributed by atoms with Crippen LogP contribution in [0.5, 0.6) is 0 Å². The average molecular weight is 592 g/mol. The number of hydrogen-bond acceptors (Lipinski definition) is 4. The van der Waals surface area contributed by atoms with Crippen LogP contribution in [0.2, 0.25) is 0 Å². The molecule has 2 aliphatic heterocycles. The summed E-state index contributed by atoms with van der Waals surface area (Å²) in [6, 6.07) is 23.3. The summed E-state index contributed by atoms with van der Waals surface area (Å²) >= 11 is 3.42. The lowest BCUT2D eigenvalue weighted by Crippen LogP contribution is -2.37. The Balaban J connectivity index is 1.28. The Labute approximate surface area is 238 Å². The first-order chi connectivity index (χ1) is 19.0. The van der Waals surface area contributed by atoms with Crippen LogP contribution < -0.4 is 20.9 Å². The highest BCUT2D eigenvalue weighted by Gasteiger charge is 2.25. The van der Waals surface area contributed by atoms with Gasteiger partial charge >= 0.3 is 6.03 Å². The van der Waals surface area contributed by atoms with Crippen molar-refractivity contribution in [3.05, 3.63) is 88.4 Å². The summed E-state index contributed by atoms with van der Waals surface area (Å²) in [5.41, 5.74) is 4.08. The van der Waals surface area contributed by atoms with Gasteiger partial charge in [-0.2, -0.15) is 0 Å². The smallest absolute Gasteiger partial charge is 0.323 e. The van der Waals surface area contributed by atoms with E-state index in [4.69, 9.17) is 4.74 Å². The number of amides is 3. The van der Waals surface area contributed by atoms with Gasteiger partial charge in [0, 0.05) is 47.8 Å². The fraction of sp³-hybridized carbons (Fsp3) is 0.355. The van der Waals surface area contributed by atoms with Gasteiger partial charge < -0.3 is 25.6 Å². The summed E-state index contributed by atoms with van der Waals surface area (Å²) in [4.78, 5) is 28.4. The molecule has 0 radical (unpaired) electrons. The highest BCUT2D eigenvalue weighted by molar-refractivity contribution is 9.10. The van der Waals surface area contributed by atoms with Crippen LogP contribution in [0.1, 0.15) is 41.6 Å². The van der Waals surface area contributed by atoms with Crippen LogP contribution in [0.4, 0.5) is 21.9 Å². The van der Waals surface area contributed by atoms with Gasteiger partial charge in [-0.3, -0.25) is 4.79 Å². The Kier molecular flexibility index (Phi) is 9.16. The summed E-state index contributed by atoms with van der Waals surface area (Å²) in [6.07, 6.45) is 5.26. The van der Waals surface area contributed by atoms with Crippen molar-refractivity contribution in [2.24, 2.45) is 5.92 Å². The second-order valence-electron chi connectivity index (χ2n) is 10.3. The zero-order chi connectivity index (χ0) is 27.0. The first-order valence-corrected chi connectivity index (χ1v) is 14.5. The van der Waals surface area contributed by atoms with Crippen LogP contribution in [0, 0.1) is 5.92 Å². The predicted octanol–water partition coefficient (Wildman–Crippen LogP) is 6.46. The highest BCUT2D eigenvalue weighted by atomic mass is 79.9. The number of nitrogens with one attached hydrogen (secondary N) is 3. The Morgan fingerprint density at radius 3 is 2.38 bits per heavy atom. The van der Waals surface area contributed by atoms with Crippen molar-refractivity contribution in [3.8, 4) is 0 Å². The maximum atomic E-state index is 13.4. The van der Waals surface area contributed by atoms with E-state index in [1.807, 2.05) is 36.4 Å². The Hall–Kier alpha value is -3.36. The number of rotatable bonds is 8. The molecule has 2 saturated heterocycles. The van der Waals surface area contributed by atoms with Gasteiger partial charge in [-0.15, -0.1) is 0 Å². The van der Waals surface area contributed by atoms with Crippen molar-refractivity contribution in [2.75, 3.05) is 41.8 Å². The van der Waals surface area contributed by atoms with Crippen LogP contribution in [-0.4, -0.2) is 44.3 Å². The number of anilines is 3. The second kappa shape index (κ2) is 13.1. The van der Waals surface area contributed by atoms with Crippen molar-refractivity contribution < 1.29 is 14.3 Å². The topological polar surface area (TPSA) is 82.7 Å². The monoisotopic (exact) mass is 590 g/mol. The lowest BCUT2D eigenvalue weighted by atomic mass is 9.89. The maximum absolute atomic E-state index is 13.4. The molecule has 2 fully saturated rings. The first kappa shape index (κ1) is 27.2. The molecule has 3 aromatic carbocycles. The normalized spacial score (nSPS) is 17.6. The van der Waals surface area contributed by atoms with Gasteiger partial charge in [0.25, 0.3) is 5.91 Å². The number of carbonyl (C=O) groups is 2. The first-order valence-electron chi connectivity index (χ1n) is 13.7. The number of carbonyl (C=O) groups excluding carboxylic acids is 2. The second-order valence-corrected chi connectivity index (χ2v) is 11.2. The van der Waals surface area contributed by atoms with Crippen molar-refractivity contribution in [2.45, 2.75) is 38.2 Å². The molecule has 8 heteroatoms. The molecule has 2 aliphatic rings. The molecule has 1 atom stereocenters. The van der Waals surface area contributed by atoms with Gasteiger partial charge in [-0.25, -0.2) is 4.79 Å². The number of hydrogen-bond donors (Lipinski definition) is 3. The Morgan fingerprint density at radius 1 is 0.897 bits per heavy atom. The Morgan fingerprint density at radius 2 is 1.67 bits per heavy atom. The van der Waals surface area contributed by atoms with E-state index in [0.717, 1.165) is 62.0 Å². The van der Waals surface area contributed by atoms with Gasteiger partial charge in [0.05, 0.1) is 11.7 Å². The average Bonchev–Trinajstić information content (AvgIpc) is 3.47. The highest BCUT2D eigenvalue weighted by Crippen LogP contribution is 2.30. The molecule has 2 heterocycles. The van der Waals surface area contributed by atoms with E-state index in [0.29, 0.717) is 29.4 Å². The molecule has 0 unspecified atom stereocenters. The van der Waals surface area contributed by atoms with Crippen molar-refractivity contribution >= 4 is 44.9 Å². The van der Waals surface area contributed by atoms with E-state index in [1.54, 1.807) is 6.07 Å². The SMILES string of the molecule is O=C(Nc1cccc(Br)c1)Nc1ccc(N2CCC(Cc3ccccc3)CC2)c(C(=O)NC[C@@H]2CCCO2)c1. The number of urea groups is 1. The van der Waals surface area contributed by atoms with E-state index in [1.165, 1.54) is 5.56 Å². The number of halogens is 1. The molecule has 204 valence electrons.